The lowest BCUT2D eigenvalue weighted by atomic mass is 10.1. The third kappa shape index (κ3) is 2.61. The molecule has 4 nitrogen and oxygen atoms in total. The molecule has 1 fully saturated rings. The van der Waals surface area contributed by atoms with Crippen LogP contribution >= 0.6 is 22.9 Å². The Hall–Kier alpha value is -1.07. The van der Waals surface area contributed by atoms with Gasteiger partial charge in [-0.2, -0.15) is 0 Å². The lowest BCUT2D eigenvalue weighted by Gasteiger charge is -2.14. The number of methoxy groups -OCH3 is 1. The third-order valence-electron chi connectivity index (χ3n) is 2.79. The van der Waals surface area contributed by atoms with Crippen molar-refractivity contribution in [2.75, 3.05) is 20.2 Å². The highest BCUT2D eigenvalue weighted by Crippen LogP contribution is 2.25. The van der Waals surface area contributed by atoms with E-state index in [-0.39, 0.29) is 17.8 Å². The lowest BCUT2D eigenvalue weighted by Crippen LogP contribution is -2.29. The minimum atomic E-state index is -0.246. The minimum Gasteiger partial charge on any atom is -0.469 e. The normalized spacial score (nSPS) is 19.4. The van der Waals surface area contributed by atoms with Gasteiger partial charge in [0, 0.05) is 13.1 Å². The molecule has 1 saturated heterocycles. The molecule has 1 amide bonds. The molecule has 0 bridgehead atoms. The Morgan fingerprint density at radius 3 is 2.88 bits per heavy atom. The first-order valence-electron chi connectivity index (χ1n) is 5.24. The highest BCUT2D eigenvalue weighted by molar-refractivity contribution is 7.17. The molecule has 2 heterocycles. The van der Waals surface area contributed by atoms with Crippen LogP contribution in [0, 0.1) is 5.92 Å². The maximum Gasteiger partial charge on any atom is 0.310 e. The highest BCUT2D eigenvalue weighted by Gasteiger charge is 2.32. The van der Waals surface area contributed by atoms with Crippen LogP contribution in [0.1, 0.15) is 16.1 Å². The average molecular weight is 274 g/mol. The summed E-state index contributed by atoms with van der Waals surface area (Å²) in [6, 6.07) is 3.41. The zero-order valence-corrected chi connectivity index (χ0v) is 10.9. The van der Waals surface area contributed by atoms with Crippen LogP contribution in [0.5, 0.6) is 0 Å². The number of carbonyl (C=O) groups is 2. The van der Waals surface area contributed by atoms with E-state index in [2.05, 4.69) is 4.74 Å². The molecule has 0 saturated carbocycles. The molecule has 0 spiro atoms. The Bertz CT molecular complexity index is 446. The molecule has 1 unspecified atom stereocenters. The molecule has 0 N–H and O–H groups in total. The fraction of sp³-hybridized carbons (Fsp3) is 0.455. The molecule has 0 radical (unpaired) electrons. The van der Waals surface area contributed by atoms with Crippen LogP contribution in [0.15, 0.2) is 12.1 Å². The van der Waals surface area contributed by atoms with Crippen molar-refractivity contribution >= 4 is 34.8 Å². The number of thiophene rings is 1. The van der Waals surface area contributed by atoms with E-state index in [9.17, 15) is 9.59 Å². The fourth-order valence-electron chi connectivity index (χ4n) is 1.89. The summed E-state index contributed by atoms with van der Waals surface area (Å²) in [4.78, 5) is 25.7. The highest BCUT2D eigenvalue weighted by atomic mass is 35.5. The number of halogens is 1. The van der Waals surface area contributed by atoms with Crippen LogP contribution in [-0.2, 0) is 9.53 Å². The van der Waals surface area contributed by atoms with Gasteiger partial charge in [-0.1, -0.05) is 11.6 Å². The van der Waals surface area contributed by atoms with Gasteiger partial charge in [0.05, 0.1) is 22.2 Å². The van der Waals surface area contributed by atoms with Gasteiger partial charge in [0.15, 0.2) is 0 Å². The fourth-order valence-corrected chi connectivity index (χ4v) is 2.90. The van der Waals surface area contributed by atoms with Gasteiger partial charge in [0.2, 0.25) is 0 Å². The summed E-state index contributed by atoms with van der Waals surface area (Å²) in [5.74, 6) is -0.503. The second-order valence-electron chi connectivity index (χ2n) is 3.86. The Kier molecular flexibility index (Phi) is 3.69. The van der Waals surface area contributed by atoms with Crippen LogP contribution in [-0.4, -0.2) is 37.0 Å². The number of hydrogen-bond donors (Lipinski definition) is 0. The van der Waals surface area contributed by atoms with Crippen molar-refractivity contribution in [1.29, 1.82) is 0 Å². The van der Waals surface area contributed by atoms with Crippen molar-refractivity contribution < 1.29 is 14.3 Å². The lowest BCUT2D eigenvalue weighted by molar-refractivity contribution is -0.144. The molecule has 2 rings (SSSR count). The Morgan fingerprint density at radius 1 is 1.53 bits per heavy atom. The van der Waals surface area contributed by atoms with Crippen LogP contribution in [0.4, 0.5) is 0 Å². The molecule has 1 aliphatic heterocycles. The smallest absolute Gasteiger partial charge is 0.310 e. The quantitative estimate of drug-likeness (QED) is 0.775. The predicted molar refractivity (Wildman–Crippen MR) is 65.4 cm³/mol. The molecule has 17 heavy (non-hydrogen) atoms. The van der Waals surface area contributed by atoms with Gasteiger partial charge in [-0.25, -0.2) is 0 Å². The molecule has 1 aliphatic rings. The number of ether oxygens (including phenoxy) is 1. The third-order valence-corrected chi connectivity index (χ3v) is 4.01. The maximum atomic E-state index is 12.0. The van der Waals surface area contributed by atoms with Crippen molar-refractivity contribution in [2.45, 2.75) is 6.42 Å². The van der Waals surface area contributed by atoms with Gasteiger partial charge < -0.3 is 9.64 Å². The molecule has 1 aromatic heterocycles. The maximum absolute atomic E-state index is 12.0. The summed E-state index contributed by atoms with van der Waals surface area (Å²) in [5.41, 5.74) is 0. The molecule has 6 heteroatoms. The first-order valence-corrected chi connectivity index (χ1v) is 6.43. The molecule has 0 aromatic carbocycles. The standard InChI is InChI=1S/C11H12ClNO3S/c1-16-11(15)7-4-5-13(6-7)10(14)8-2-3-9(12)17-8/h2-3,7H,4-6H2,1H3. The number of carbonyl (C=O) groups excluding carboxylic acids is 2. The zero-order valence-electron chi connectivity index (χ0n) is 9.31. The first-order chi connectivity index (χ1) is 8.11. The SMILES string of the molecule is COC(=O)C1CCN(C(=O)c2ccc(Cl)s2)C1. The Balaban J connectivity index is 2.01. The monoisotopic (exact) mass is 273 g/mol. The van der Waals surface area contributed by atoms with Gasteiger partial charge in [0.1, 0.15) is 0 Å². The van der Waals surface area contributed by atoms with Gasteiger partial charge in [0.25, 0.3) is 5.91 Å². The average Bonchev–Trinajstić information content (AvgIpc) is 2.95. The van der Waals surface area contributed by atoms with Crippen LogP contribution in [0.3, 0.4) is 0 Å². The summed E-state index contributed by atoms with van der Waals surface area (Å²) < 4.78 is 5.27. The van der Waals surface area contributed by atoms with Crippen LogP contribution in [0.2, 0.25) is 4.34 Å². The van der Waals surface area contributed by atoms with Gasteiger partial charge >= 0.3 is 5.97 Å². The molecule has 92 valence electrons. The largest absolute Gasteiger partial charge is 0.469 e. The van der Waals surface area contributed by atoms with E-state index >= 15 is 0 Å². The molecular formula is C11H12ClNO3S. The molecule has 1 atom stereocenters. The van der Waals surface area contributed by atoms with Crippen molar-refractivity contribution in [3.05, 3.63) is 21.3 Å². The Morgan fingerprint density at radius 2 is 2.29 bits per heavy atom. The molecule has 1 aromatic rings. The number of nitrogens with zero attached hydrogens (tertiary/aromatic N) is 1. The van der Waals surface area contributed by atoms with Gasteiger partial charge in [-0.05, 0) is 18.6 Å². The predicted octanol–water partition coefficient (Wildman–Crippen LogP) is 2.04. The van der Waals surface area contributed by atoms with Crippen molar-refractivity contribution in [3.8, 4) is 0 Å². The van der Waals surface area contributed by atoms with Crippen molar-refractivity contribution in [3.63, 3.8) is 0 Å². The van der Waals surface area contributed by atoms with Gasteiger partial charge in [-0.3, -0.25) is 9.59 Å². The summed E-state index contributed by atoms with van der Waals surface area (Å²) >= 11 is 7.04. The minimum absolute atomic E-state index is 0.0618. The zero-order chi connectivity index (χ0) is 12.4. The van der Waals surface area contributed by atoms with E-state index in [0.717, 1.165) is 0 Å². The number of esters is 1. The van der Waals surface area contributed by atoms with E-state index < -0.39 is 0 Å². The number of likely N-dealkylation sites (tertiary alicyclic amines) is 1. The Labute approximate surface area is 108 Å². The first kappa shape index (κ1) is 12.4. The summed E-state index contributed by atoms with van der Waals surface area (Å²) in [5, 5.41) is 0. The van der Waals surface area contributed by atoms with Gasteiger partial charge in [-0.15, -0.1) is 11.3 Å². The van der Waals surface area contributed by atoms with E-state index in [1.54, 1.807) is 17.0 Å². The summed E-state index contributed by atoms with van der Waals surface area (Å²) in [7, 11) is 1.37. The topological polar surface area (TPSA) is 46.6 Å². The van der Waals surface area contributed by atoms with E-state index in [4.69, 9.17) is 11.6 Å². The summed E-state index contributed by atoms with van der Waals surface area (Å²) in [6.07, 6.45) is 0.664. The molecular weight excluding hydrogens is 262 g/mol. The number of rotatable bonds is 2. The van der Waals surface area contributed by atoms with Crippen molar-refractivity contribution in [2.24, 2.45) is 5.92 Å². The number of amides is 1. The van der Waals surface area contributed by atoms with Crippen LogP contribution < -0.4 is 0 Å². The van der Waals surface area contributed by atoms with Crippen LogP contribution in [0.25, 0.3) is 0 Å². The van der Waals surface area contributed by atoms with E-state index in [1.807, 2.05) is 0 Å². The van der Waals surface area contributed by atoms with Crippen molar-refractivity contribution in [1.82, 2.24) is 4.90 Å². The number of hydrogen-bond acceptors (Lipinski definition) is 4. The van der Waals surface area contributed by atoms with E-state index in [1.165, 1.54) is 18.4 Å². The summed E-state index contributed by atoms with van der Waals surface area (Å²) in [6.45, 7) is 1.02. The second-order valence-corrected chi connectivity index (χ2v) is 5.58. The van der Waals surface area contributed by atoms with E-state index in [0.29, 0.717) is 28.7 Å². The molecule has 0 aliphatic carbocycles. The second kappa shape index (κ2) is 5.06.